The van der Waals surface area contributed by atoms with E-state index in [2.05, 4.69) is 0 Å². The van der Waals surface area contributed by atoms with Crippen LogP contribution in [-0.2, 0) is 9.53 Å². The molecule has 1 atom stereocenters. The summed E-state index contributed by atoms with van der Waals surface area (Å²) in [5.74, 6) is -1.05. The van der Waals surface area contributed by atoms with Gasteiger partial charge in [-0.3, -0.25) is 4.79 Å². The van der Waals surface area contributed by atoms with E-state index in [-0.39, 0.29) is 24.1 Å². The maximum absolute atomic E-state index is 12.3. The van der Waals surface area contributed by atoms with Crippen molar-refractivity contribution in [3.63, 3.8) is 0 Å². The third-order valence-electron chi connectivity index (χ3n) is 4.61. The molecule has 25 heavy (non-hydrogen) atoms. The number of rotatable bonds is 4. The minimum Gasteiger partial charge on any atom is -0.452 e. The SMILES string of the molecule is CC[C@H]1CCCCN1C(=O)COC(=O)c1cc2ccccc2oc1=O. The van der Waals surface area contributed by atoms with Crippen molar-refractivity contribution in [2.45, 2.75) is 38.6 Å². The van der Waals surface area contributed by atoms with Crippen molar-refractivity contribution in [1.82, 2.24) is 4.90 Å². The second kappa shape index (κ2) is 7.51. The van der Waals surface area contributed by atoms with Gasteiger partial charge in [-0.25, -0.2) is 9.59 Å². The summed E-state index contributed by atoms with van der Waals surface area (Å²) in [4.78, 5) is 38.3. The zero-order valence-corrected chi connectivity index (χ0v) is 14.2. The van der Waals surface area contributed by atoms with Crippen molar-refractivity contribution in [2.75, 3.05) is 13.2 Å². The summed E-state index contributed by atoms with van der Waals surface area (Å²) in [6, 6.07) is 8.54. The van der Waals surface area contributed by atoms with Gasteiger partial charge in [-0.05, 0) is 37.8 Å². The lowest BCUT2D eigenvalue weighted by atomic mass is 10.00. The van der Waals surface area contributed by atoms with E-state index in [1.165, 1.54) is 6.07 Å². The number of ether oxygens (including phenoxy) is 1. The molecule has 1 aliphatic rings. The molecule has 1 aliphatic heterocycles. The summed E-state index contributed by atoms with van der Waals surface area (Å²) in [7, 11) is 0. The molecule has 0 radical (unpaired) electrons. The van der Waals surface area contributed by atoms with Crippen molar-refractivity contribution in [3.05, 3.63) is 46.3 Å². The maximum Gasteiger partial charge on any atom is 0.351 e. The average molecular weight is 343 g/mol. The largest absolute Gasteiger partial charge is 0.452 e. The van der Waals surface area contributed by atoms with Crippen molar-refractivity contribution in [2.24, 2.45) is 0 Å². The molecule has 1 fully saturated rings. The van der Waals surface area contributed by atoms with E-state index in [1.54, 1.807) is 29.2 Å². The van der Waals surface area contributed by atoms with Crippen LogP contribution in [0.3, 0.4) is 0 Å². The monoisotopic (exact) mass is 343 g/mol. The fourth-order valence-electron chi connectivity index (χ4n) is 3.25. The van der Waals surface area contributed by atoms with Crippen molar-refractivity contribution in [3.8, 4) is 0 Å². The number of fused-ring (bicyclic) bond motifs is 1. The second-order valence-corrected chi connectivity index (χ2v) is 6.21. The summed E-state index contributed by atoms with van der Waals surface area (Å²) < 4.78 is 10.2. The third-order valence-corrected chi connectivity index (χ3v) is 4.61. The molecular weight excluding hydrogens is 322 g/mol. The molecule has 0 bridgehead atoms. The van der Waals surface area contributed by atoms with Crippen molar-refractivity contribution < 1.29 is 18.7 Å². The minimum absolute atomic E-state index is 0.197. The first-order valence-corrected chi connectivity index (χ1v) is 8.59. The number of hydrogen-bond acceptors (Lipinski definition) is 5. The molecule has 0 N–H and O–H groups in total. The molecule has 1 aromatic heterocycles. The van der Waals surface area contributed by atoms with E-state index >= 15 is 0 Å². The lowest BCUT2D eigenvalue weighted by Crippen LogP contribution is -2.45. The highest BCUT2D eigenvalue weighted by Crippen LogP contribution is 2.19. The summed E-state index contributed by atoms with van der Waals surface area (Å²) in [6.45, 7) is 2.37. The standard InChI is InChI=1S/C19H21NO5/c1-2-14-8-5-6-10-20(14)17(21)12-24-18(22)15-11-13-7-3-4-9-16(13)25-19(15)23/h3-4,7,9,11,14H,2,5-6,8,10,12H2,1H3/t14-/m0/s1. The Kier molecular flexibility index (Phi) is 5.16. The van der Waals surface area contributed by atoms with Gasteiger partial charge in [-0.15, -0.1) is 0 Å². The first kappa shape index (κ1) is 17.2. The van der Waals surface area contributed by atoms with Crippen LogP contribution in [0.15, 0.2) is 39.5 Å². The minimum atomic E-state index is -0.835. The Morgan fingerprint density at radius 2 is 2.08 bits per heavy atom. The molecule has 3 rings (SSSR count). The van der Waals surface area contributed by atoms with E-state index in [0.717, 1.165) is 25.7 Å². The predicted molar refractivity (Wildman–Crippen MR) is 92.4 cm³/mol. The van der Waals surface area contributed by atoms with Crippen molar-refractivity contribution in [1.29, 1.82) is 0 Å². The van der Waals surface area contributed by atoms with E-state index in [4.69, 9.17) is 9.15 Å². The van der Waals surface area contributed by atoms with Crippen LogP contribution >= 0.6 is 0 Å². The van der Waals surface area contributed by atoms with Gasteiger partial charge >= 0.3 is 11.6 Å². The van der Waals surface area contributed by atoms with E-state index in [1.807, 2.05) is 6.92 Å². The number of hydrogen-bond donors (Lipinski definition) is 0. The Balaban J connectivity index is 1.69. The average Bonchev–Trinajstić information content (AvgIpc) is 2.65. The van der Waals surface area contributed by atoms with Gasteiger partial charge in [0.05, 0.1) is 0 Å². The fraction of sp³-hybridized carbons (Fsp3) is 0.421. The first-order chi connectivity index (χ1) is 12.1. The van der Waals surface area contributed by atoms with Crippen molar-refractivity contribution >= 4 is 22.8 Å². The van der Waals surface area contributed by atoms with Gasteiger partial charge < -0.3 is 14.1 Å². The molecule has 132 valence electrons. The van der Waals surface area contributed by atoms with E-state index in [0.29, 0.717) is 17.5 Å². The molecule has 6 heteroatoms. The van der Waals surface area contributed by atoms with Crippen LogP contribution in [0.2, 0.25) is 0 Å². The quantitative estimate of drug-likeness (QED) is 0.630. The van der Waals surface area contributed by atoms with Crippen LogP contribution in [-0.4, -0.2) is 36.0 Å². The van der Waals surface area contributed by atoms with Gasteiger partial charge in [0.1, 0.15) is 11.1 Å². The number of esters is 1. The molecular formula is C19H21NO5. The summed E-state index contributed by atoms with van der Waals surface area (Å²) in [5.41, 5.74) is -0.558. The Labute approximate surface area is 145 Å². The van der Waals surface area contributed by atoms with Gasteiger partial charge in [-0.1, -0.05) is 25.1 Å². The zero-order valence-electron chi connectivity index (χ0n) is 14.2. The normalized spacial score (nSPS) is 17.5. The Bertz CT molecular complexity index is 841. The van der Waals surface area contributed by atoms with Crippen LogP contribution in [0, 0.1) is 0 Å². The van der Waals surface area contributed by atoms with Crippen LogP contribution in [0.5, 0.6) is 0 Å². The van der Waals surface area contributed by atoms with E-state index in [9.17, 15) is 14.4 Å². The second-order valence-electron chi connectivity index (χ2n) is 6.21. The molecule has 0 saturated carbocycles. The summed E-state index contributed by atoms with van der Waals surface area (Å²) in [6.07, 6.45) is 3.93. The Hall–Kier alpha value is -2.63. The Morgan fingerprint density at radius 1 is 1.28 bits per heavy atom. The molecule has 0 spiro atoms. The number of likely N-dealkylation sites (tertiary alicyclic amines) is 1. The Morgan fingerprint density at radius 3 is 2.88 bits per heavy atom. The summed E-state index contributed by atoms with van der Waals surface area (Å²) >= 11 is 0. The highest BCUT2D eigenvalue weighted by atomic mass is 16.5. The molecule has 2 heterocycles. The highest BCUT2D eigenvalue weighted by molar-refractivity contribution is 5.94. The third kappa shape index (κ3) is 3.73. The first-order valence-electron chi connectivity index (χ1n) is 8.59. The molecule has 0 aliphatic carbocycles. The number of benzene rings is 1. The number of carbonyl (C=O) groups is 2. The van der Waals surface area contributed by atoms with Gasteiger partial charge in [0.15, 0.2) is 6.61 Å². The lowest BCUT2D eigenvalue weighted by molar-refractivity contribution is -0.138. The zero-order chi connectivity index (χ0) is 17.8. The van der Waals surface area contributed by atoms with Crippen LogP contribution in [0.1, 0.15) is 43.0 Å². The molecule has 2 aromatic rings. The maximum atomic E-state index is 12.3. The van der Waals surface area contributed by atoms with Gasteiger partial charge in [0.2, 0.25) is 0 Å². The molecule has 1 saturated heterocycles. The molecule has 6 nitrogen and oxygen atoms in total. The van der Waals surface area contributed by atoms with Gasteiger partial charge in [0.25, 0.3) is 5.91 Å². The topological polar surface area (TPSA) is 76.8 Å². The lowest BCUT2D eigenvalue weighted by Gasteiger charge is -2.35. The van der Waals surface area contributed by atoms with Crippen LogP contribution < -0.4 is 5.63 Å². The van der Waals surface area contributed by atoms with E-state index < -0.39 is 11.6 Å². The molecule has 1 amide bonds. The number of para-hydroxylation sites is 1. The number of amides is 1. The van der Waals surface area contributed by atoms with Crippen LogP contribution in [0.4, 0.5) is 0 Å². The molecule has 0 unspecified atom stereocenters. The number of carbonyl (C=O) groups excluding carboxylic acids is 2. The fourth-order valence-corrected chi connectivity index (χ4v) is 3.25. The summed E-state index contributed by atoms with van der Waals surface area (Å²) in [5, 5.41) is 0.627. The van der Waals surface area contributed by atoms with Crippen LogP contribution in [0.25, 0.3) is 11.0 Å². The molecule has 1 aromatic carbocycles. The smallest absolute Gasteiger partial charge is 0.351 e. The van der Waals surface area contributed by atoms with Gasteiger partial charge in [0, 0.05) is 18.0 Å². The van der Waals surface area contributed by atoms with Gasteiger partial charge in [-0.2, -0.15) is 0 Å². The number of nitrogens with zero attached hydrogens (tertiary/aromatic N) is 1. The highest BCUT2D eigenvalue weighted by Gasteiger charge is 2.26. The number of piperidine rings is 1. The predicted octanol–water partition coefficient (Wildman–Crippen LogP) is 2.74.